The molecule has 126 valence electrons. The van der Waals surface area contributed by atoms with Crippen molar-refractivity contribution < 1.29 is 19.1 Å². The number of piperidine rings is 1. The van der Waals surface area contributed by atoms with Gasteiger partial charge in [-0.05, 0) is 43.0 Å². The Hall–Kier alpha value is -2.77. The van der Waals surface area contributed by atoms with E-state index >= 15 is 0 Å². The topological polar surface area (TPSA) is 88.3 Å². The Kier molecular flexibility index (Phi) is 4.54. The molecule has 1 fully saturated rings. The maximum atomic E-state index is 12.9. The lowest BCUT2D eigenvalue weighted by Crippen LogP contribution is -2.39. The quantitative estimate of drug-likeness (QED) is 0.921. The second-order valence-corrected chi connectivity index (χ2v) is 5.83. The van der Waals surface area contributed by atoms with Gasteiger partial charge in [0.15, 0.2) is 5.69 Å². The van der Waals surface area contributed by atoms with E-state index in [0.29, 0.717) is 31.6 Å². The molecule has 1 saturated heterocycles. The Morgan fingerprint density at radius 1 is 1.21 bits per heavy atom. The van der Waals surface area contributed by atoms with Crippen molar-refractivity contribution in [2.24, 2.45) is 5.92 Å². The van der Waals surface area contributed by atoms with E-state index in [1.807, 2.05) is 0 Å². The van der Waals surface area contributed by atoms with Gasteiger partial charge in [-0.1, -0.05) is 0 Å². The minimum absolute atomic E-state index is 0.112. The van der Waals surface area contributed by atoms with Crippen LogP contribution in [0.15, 0.2) is 30.5 Å². The first-order valence-corrected chi connectivity index (χ1v) is 7.72. The smallest absolute Gasteiger partial charge is 0.303 e. The molecule has 0 atom stereocenters. The molecule has 1 aliphatic heterocycles. The number of benzene rings is 1. The molecule has 2 heterocycles. The second-order valence-electron chi connectivity index (χ2n) is 5.83. The van der Waals surface area contributed by atoms with Crippen LogP contribution < -0.4 is 0 Å². The molecule has 2 aromatic rings. The number of halogens is 1. The minimum atomic E-state index is -0.804. The maximum Gasteiger partial charge on any atom is 0.303 e. The lowest BCUT2D eigenvalue weighted by atomic mass is 9.93. The van der Waals surface area contributed by atoms with E-state index < -0.39 is 5.97 Å². The standard InChI is InChI=1S/C16H17FN4O3/c17-12-1-3-13(4-2-12)21-18-10-14(19-21)16(24)20-7-5-11(6-8-20)9-15(22)23/h1-4,10-11H,5-9H2,(H,22,23). The average Bonchev–Trinajstić information content (AvgIpc) is 3.05. The molecular formula is C16H17FN4O3. The fourth-order valence-electron chi connectivity index (χ4n) is 2.81. The van der Waals surface area contributed by atoms with E-state index in [-0.39, 0.29) is 29.8 Å². The fraction of sp³-hybridized carbons (Fsp3) is 0.375. The van der Waals surface area contributed by atoms with E-state index in [4.69, 9.17) is 5.11 Å². The van der Waals surface area contributed by atoms with Gasteiger partial charge in [0, 0.05) is 19.5 Å². The van der Waals surface area contributed by atoms with Crippen LogP contribution in [-0.2, 0) is 4.79 Å². The summed E-state index contributed by atoms with van der Waals surface area (Å²) in [5, 5.41) is 17.0. The molecule has 0 saturated carbocycles. The normalized spacial score (nSPS) is 15.5. The summed E-state index contributed by atoms with van der Waals surface area (Å²) >= 11 is 0. The van der Waals surface area contributed by atoms with Crippen molar-refractivity contribution in [2.45, 2.75) is 19.3 Å². The number of hydrogen-bond acceptors (Lipinski definition) is 4. The summed E-state index contributed by atoms with van der Waals surface area (Å²) in [6, 6.07) is 5.66. The summed E-state index contributed by atoms with van der Waals surface area (Å²) in [4.78, 5) is 26.1. The Bertz CT molecular complexity index is 736. The molecule has 8 heteroatoms. The molecule has 0 unspecified atom stereocenters. The van der Waals surface area contributed by atoms with Crippen LogP contribution in [0.5, 0.6) is 0 Å². The van der Waals surface area contributed by atoms with Gasteiger partial charge in [0.1, 0.15) is 5.82 Å². The van der Waals surface area contributed by atoms with E-state index in [0.717, 1.165) is 0 Å². The molecule has 1 aromatic carbocycles. The summed E-state index contributed by atoms with van der Waals surface area (Å²) in [6.45, 7) is 1.03. The van der Waals surface area contributed by atoms with Gasteiger partial charge in [0.25, 0.3) is 5.91 Å². The number of hydrogen-bond donors (Lipinski definition) is 1. The van der Waals surface area contributed by atoms with Crippen LogP contribution in [0.25, 0.3) is 5.69 Å². The van der Waals surface area contributed by atoms with Crippen molar-refractivity contribution in [3.8, 4) is 5.69 Å². The number of aliphatic carboxylic acids is 1. The molecule has 1 amide bonds. The van der Waals surface area contributed by atoms with Crippen LogP contribution in [0.1, 0.15) is 29.8 Å². The van der Waals surface area contributed by atoms with Gasteiger partial charge in [-0.2, -0.15) is 9.90 Å². The number of amides is 1. The Balaban J connectivity index is 1.64. The van der Waals surface area contributed by atoms with Gasteiger partial charge in [-0.15, -0.1) is 5.10 Å². The first-order chi connectivity index (χ1) is 11.5. The maximum absolute atomic E-state index is 12.9. The molecule has 0 bridgehead atoms. The number of carbonyl (C=O) groups is 2. The summed E-state index contributed by atoms with van der Waals surface area (Å²) in [5.41, 5.74) is 0.784. The summed E-state index contributed by atoms with van der Waals surface area (Å²) in [7, 11) is 0. The van der Waals surface area contributed by atoms with E-state index in [2.05, 4.69) is 10.2 Å². The molecule has 0 radical (unpaired) electrons. The van der Waals surface area contributed by atoms with Gasteiger partial charge >= 0.3 is 5.97 Å². The Morgan fingerprint density at radius 2 is 1.88 bits per heavy atom. The number of rotatable bonds is 4. The zero-order valence-electron chi connectivity index (χ0n) is 12.9. The van der Waals surface area contributed by atoms with Crippen molar-refractivity contribution in [1.29, 1.82) is 0 Å². The summed E-state index contributed by atoms with van der Waals surface area (Å²) < 4.78 is 12.9. The first kappa shape index (κ1) is 16.1. The fourth-order valence-corrected chi connectivity index (χ4v) is 2.81. The van der Waals surface area contributed by atoms with Crippen molar-refractivity contribution in [2.75, 3.05) is 13.1 Å². The van der Waals surface area contributed by atoms with Crippen molar-refractivity contribution in [3.63, 3.8) is 0 Å². The van der Waals surface area contributed by atoms with Crippen molar-refractivity contribution >= 4 is 11.9 Å². The van der Waals surface area contributed by atoms with Crippen LogP contribution in [0.4, 0.5) is 4.39 Å². The Labute approximate surface area is 137 Å². The first-order valence-electron chi connectivity index (χ1n) is 7.72. The predicted octanol–water partition coefficient (Wildman–Crippen LogP) is 1.73. The highest BCUT2D eigenvalue weighted by atomic mass is 19.1. The number of aromatic nitrogens is 3. The molecule has 1 N–H and O–H groups in total. The largest absolute Gasteiger partial charge is 0.481 e. The van der Waals surface area contributed by atoms with Crippen molar-refractivity contribution in [3.05, 3.63) is 42.0 Å². The van der Waals surface area contributed by atoms with Crippen LogP contribution in [0, 0.1) is 11.7 Å². The highest BCUT2D eigenvalue weighted by Gasteiger charge is 2.26. The van der Waals surface area contributed by atoms with Crippen molar-refractivity contribution in [1.82, 2.24) is 19.9 Å². The van der Waals surface area contributed by atoms with Gasteiger partial charge in [0.2, 0.25) is 0 Å². The van der Waals surface area contributed by atoms with Crippen LogP contribution in [-0.4, -0.2) is 50.0 Å². The minimum Gasteiger partial charge on any atom is -0.481 e. The number of likely N-dealkylation sites (tertiary alicyclic amines) is 1. The zero-order chi connectivity index (χ0) is 17.1. The molecule has 24 heavy (non-hydrogen) atoms. The van der Waals surface area contributed by atoms with E-state index in [9.17, 15) is 14.0 Å². The Morgan fingerprint density at radius 3 is 2.50 bits per heavy atom. The molecule has 1 aliphatic rings. The second kappa shape index (κ2) is 6.77. The highest BCUT2D eigenvalue weighted by Crippen LogP contribution is 2.21. The van der Waals surface area contributed by atoms with Crippen LogP contribution in [0.3, 0.4) is 0 Å². The lowest BCUT2D eigenvalue weighted by molar-refractivity contribution is -0.138. The third-order valence-electron chi connectivity index (χ3n) is 4.13. The molecule has 0 aliphatic carbocycles. The van der Waals surface area contributed by atoms with E-state index in [1.54, 1.807) is 4.90 Å². The third-order valence-corrected chi connectivity index (χ3v) is 4.13. The van der Waals surface area contributed by atoms with Gasteiger partial charge in [0.05, 0.1) is 11.9 Å². The molecule has 1 aromatic heterocycles. The number of carbonyl (C=O) groups excluding carboxylic acids is 1. The summed E-state index contributed by atoms with van der Waals surface area (Å²) in [5.74, 6) is -1.27. The SMILES string of the molecule is O=C(O)CC1CCN(C(=O)c2cnn(-c3ccc(F)cc3)n2)CC1. The molecule has 0 spiro atoms. The molecular weight excluding hydrogens is 315 g/mol. The number of carboxylic acids is 1. The lowest BCUT2D eigenvalue weighted by Gasteiger charge is -2.30. The van der Waals surface area contributed by atoms with E-state index in [1.165, 1.54) is 35.3 Å². The molecule has 7 nitrogen and oxygen atoms in total. The number of nitrogens with zero attached hydrogens (tertiary/aromatic N) is 4. The van der Waals surface area contributed by atoms with Crippen LogP contribution in [0.2, 0.25) is 0 Å². The van der Waals surface area contributed by atoms with Gasteiger partial charge < -0.3 is 10.0 Å². The monoisotopic (exact) mass is 332 g/mol. The number of carboxylic acid groups (broad SMARTS) is 1. The zero-order valence-corrected chi connectivity index (χ0v) is 12.9. The highest BCUT2D eigenvalue weighted by molar-refractivity contribution is 5.92. The van der Waals surface area contributed by atoms with Crippen LogP contribution >= 0.6 is 0 Å². The molecule has 3 rings (SSSR count). The predicted molar refractivity (Wildman–Crippen MR) is 82.2 cm³/mol. The van der Waals surface area contributed by atoms with Gasteiger partial charge in [-0.25, -0.2) is 4.39 Å². The average molecular weight is 332 g/mol. The van der Waals surface area contributed by atoms with Gasteiger partial charge in [-0.3, -0.25) is 9.59 Å². The third kappa shape index (κ3) is 3.58. The summed E-state index contributed by atoms with van der Waals surface area (Å²) in [6.07, 6.45) is 2.87.